The van der Waals surface area contributed by atoms with E-state index in [0.29, 0.717) is 41.5 Å². The Labute approximate surface area is 219 Å². The van der Waals surface area contributed by atoms with Crippen molar-refractivity contribution in [3.8, 4) is 0 Å². The molecule has 0 spiro atoms. The lowest BCUT2D eigenvalue weighted by Gasteiger charge is -2.47. The molecule has 14 heteroatoms. The number of likely N-dealkylation sites (tertiary alicyclic amines) is 1. The predicted molar refractivity (Wildman–Crippen MR) is 134 cm³/mol. The van der Waals surface area contributed by atoms with Gasteiger partial charge in [0.25, 0.3) is 5.91 Å². The Hall–Kier alpha value is -3.62. The summed E-state index contributed by atoms with van der Waals surface area (Å²) in [6.07, 6.45) is 5.65. The minimum atomic E-state index is -1.21. The van der Waals surface area contributed by atoms with Crippen molar-refractivity contribution < 1.29 is 28.9 Å². The van der Waals surface area contributed by atoms with Gasteiger partial charge in [-0.05, 0) is 31.1 Å². The molecular formula is C23H24N7O5S2+. The lowest BCUT2D eigenvalue weighted by atomic mass is 10.0. The van der Waals surface area contributed by atoms with Crippen LogP contribution in [0.1, 0.15) is 17.0 Å². The van der Waals surface area contributed by atoms with E-state index in [2.05, 4.69) is 15.5 Å². The third kappa shape index (κ3) is 4.99. The molecule has 192 valence electrons. The number of allylic oxidation sites excluding steroid dienone is 1. The highest BCUT2D eigenvalue weighted by Crippen LogP contribution is 2.40. The number of rotatable bonds is 7. The van der Waals surface area contributed by atoms with E-state index < -0.39 is 17.9 Å². The molecule has 2 fully saturated rings. The van der Waals surface area contributed by atoms with Gasteiger partial charge in [-0.3, -0.25) is 24.6 Å². The second-order valence-corrected chi connectivity index (χ2v) is 11.1. The number of hydrogen-bond acceptors (Lipinski definition) is 9. The van der Waals surface area contributed by atoms with Gasteiger partial charge in [0, 0.05) is 29.5 Å². The van der Waals surface area contributed by atoms with E-state index in [4.69, 9.17) is 5.73 Å². The van der Waals surface area contributed by atoms with E-state index in [1.54, 1.807) is 28.7 Å². The normalized spacial score (nSPS) is 22.4. The molecule has 0 radical (unpaired) electrons. The van der Waals surface area contributed by atoms with E-state index in [0.717, 1.165) is 10.6 Å². The third-order valence-electron chi connectivity index (χ3n) is 6.19. The number of β-lactam (4-membered cyclic amide) rings is 1. The maximum Gasteiger partial charge on any atom is 0.352 e. The average molecular weight is 543 g/mol. The number of aliphatic carboxylic acids is 1. The van der Waals surface area contributed by atoms with Gasteiger partial charge >= 0.3 is 5.97 Å². The van der Waals surface area contributed by atoms with Crippen LogP contribution in [0.25, 0.3) is 0 Å². The molecule has 2 aromatic rings. The van der Waals surface area contributed by atoms with E-state index in [1.807, 2.05) is 18.3 Å². The van der Waals surface area contributed by atoms with Crippen LogP contribution < -0.4 is 15.6 Å². The molecule has 12 nitrogen and oxygen atoms in total. The first kappa shape index (κ1) is 25.0. The highest BCUT2D eigenvalue weighted by atomic mass is 32.2. The molecule has 0 bridgehead atoms. The second-order valence-electron chi connectivity index (χ2n) is 8.82. The molecule has 3 aliphatic rings. The maximum absolute atomic E-state index is 13.1. The highest BCUT2D eigenvalue weighted by molar-refractivity contribution is 8.00. The van der Waals surface area contributed by atoms with Crippen molar-refractivity contribution >= 4 is 51.9 Å². The minimum absolute atomic E-state index is 0.0786. The number of nitrogens with one attached hydrogen (secondary N) is 1. The van der Waals surface area contributed by atoms with Gasteiger partial charge in [-0.1, -0.05) is 11.3 Å². The van der Waals surface area contributed by atoms with Crippen molar-refractivity contribution in [3.63, 3.8) is 0 Å². The van der Waals surface area contributed by atoms with Crippen molar-refractivity contribution in [1.29, 1.82) is 0 Å². The number of thioether (sulfide) groups is 1. The fourth-order valence-corrected chi connectivity index (χ4v) is 6.33. The Kier molecular flexibility index (Phi) is 6.79. The second kappa shape index (κ2) is 10.0. The van der Waals surface area contributed by atoms with Crippen LogP contribution in [-0.4, -0.2) is 72.5 Å². The summed E-state index contributed by atoms with van der Waals surface area (Å²) in [6, 6.07) is 2.98. The molecule has 0 saturated carbocycles. The summed E-state index contributed by atoms with van der Waals surface area (Å²) in [5, 5.41) is 21.0. The number of pyridine rings is 1. The van der Waals surface area contributed by atoms with Gasteiger partial charge < -0.3 is 15.7 Å². The summed E-state index contributed by atoms with van der Waals surface area (Å²) in [7, 11) is 0. The standard InChI is InChI=1S/C23H23N7O5S2/c1-12-26-27-23(37-12)25-16(31)10-28-5-2-3-13(8-28)9-29-6-4-14(19(29)32)7-15-11-36-21-17(24)20(33)30(21)18(15)22(34)35/h2-3,5,7-8,17,21H,4,6,9-11,24H2,1H3,(H-,25,27,31,34,35)/p+1/t17-,21-/m1/s1. The van der Waals surface area contributed by atoms with Crippen LogP contribution in [0.15, 0.2) is 47.4 Å². The van der Waals surface area contributed by atoms with Crippen molar-refractivity contribution in [2.45, 2.75) is 37.8 Å². The van der Waals surface area contributed by atoms with Crippen molar-refractivity contribution in [2.24, 2.45) is 5.73 Å². The maximum atomic E-state index is 13.1. The first-order valence-corrected chi connectivity index (χ1v) is 13.3. The summed E-state index contributed by atoms with van der Waals surface area (Å²) < 4.78 is 1.73. The number of nitrogens with two attached hydrogens (primary N) is 1. The molecule has 0 aliphatic carbocycles. The Bertz CT molecular complexity index is 1370. The molecular weight excluding hydrogens is 518 g/mol. The zero-order chi connectivity index (χ0) is 26.3. The Morgan fingerprint density at radius 3 is 2.89 bits per heavy atom. The van der Waals surface area contributed by atoms with Crippen LogP contribution in [0.5, 0.6) is 0 Å². The molecule has 0 unspecified atom stereocenters. The smallest absolute Gasteiger partial charge is 0.352 e. The van der Waals surface area contributed by atoms with Crippen molar-refractivity contribution in [2.75, 3.05) is 17.6 Å². The summed E-state index contributed by atoms with van der Waals surface area (Å²) in [4.78, 5) is 52.4. The van der Waals surface area contributed by atoms with Crippen LogP contribution in [-0.2, 0) is 32.3 Å². The van der Waals surface area contributed by atoms with E-state index in [1.165, 1.54) is 28.0 Å². The molecule has 3 amide bonds. The van der Waals surface area contributed by atoms with Crippen molar-refractivity contribution in [1.82, 2.24) is 20.0 Å². The number of carboxylic acids is 1. The molecule has 5 rings (SSSR count). The van der Waals surface area contributed by atoms with Gasteiger partial charge in [0.2, 0.25) is 23.5 Å². The summed E-state index contributed by atoms with van der Waals surface area (Å²) in [6.45, 7) is 2.71. The number of aromatic nitrogens is 3. The SMILES string of the molecule is Cc1nnc(NC(=O)C[n+]2cccc(CN3CCC(=CC4=C(C(=O)O)N5C(=O)[C@@H](N)[C@H]5SC4)C3=O)c2)s1. The van der Waals surface area contributed by atoms with Crippen LogP contribution in [0.3, 0.4) is 0 Å². The molecule has 5 heterocycles. The zero-order valence-corrected chi connectivity index (χ0v) is 21.4. The van der Waals surface area contributed by atoms with Gasteiger partial charge in [0.15, 0.2) is 12.4 Å². The Morgan fingerprint density at radius 2 is 2.16 bits per heavy atom. The summed E-state index contributed by atoms with van der Waals surface area (Å²) >= 11 is 2.69. The van der Waals surface area contributed by atoms with Gasteiger partial charge in [0.1, 0.15) is 22.1 Å². The summed E-state index contributed by atoms with van der Waals surface area (Å²) in [5.41, 5.74) is 7.49. The first-order valence-electron chi connectivity index (χ1n) is 11.5. The van der Waals surface area contributed by atoms with E-state index in [-0.39, 0.29) is 29.4 Å². The average Bonchev–Trinajstić information content (AvgIpc) is 3.43. The fraction of sp³-hybridized carbons (Fsp3) is 0.348. The number of carbonyl (C=O) groups excluding carboxylic acids is 3. The van der Waals surface area contributed by atoms with E-state index in [9.17, 15) is 24.3 Å². The highest BCUT2D eigenvalue weighted by Gasteiger charge is 2.51. The molecule has 4 N–H and O–H groups in total. The number of nitrogens with zero attached hydrogens (tertiary/aromatic N) is 5. The van der Waals surface area contributed by atoms with Crippen LogP contribution in [0.2, 0.25) is 0 Å². The lowest BCUT2D eigenvalue weighted by molar-refractivity contribution is -0.684. The molecule has 3 aliphatic heterocycles. The Morgan fingerprint density at radius 1 is 1.35 bits per heavy atom. The number of carboxylic acid groups (broad SMARTS) is 1. The quantitative estimate of drug-likeness (QED) is 0.249. The number of aryl methyl sites for hydroxylation is 1. The largest absolute Gasteiger partial charge is 0.477 e. The van der Waals surface area contributed by atoms with Crippen LogP contribution in [0, 0.1) is 6.92 Å². The first-order chi connectivity index (χ1) is 17.7. The molecule has 37 heavy (non-hydrogen) atoms. The number of hydrogen-bond donors (Lipinski definition) is 3. The minimum Gasteiger partial charge on any atom is -0.477 e. The summed E-state index contributed by atoms with van der Waals surface area (Å²) in [5.74, 6) is -1.70. The van der Waals surface area contributed by atoms with Gasteiger partial charge in [-0.15, -0.1) is 22.0 Å². The zero-order valence-electron chi connectivity index (χ0n) is 19.8. The molecule has 2 atom stereocenters. The number of amides is 3. The third-order valence-corrected chi connectivity index (χ3v) is 8.27. The lowest BCUT2D eigenvalue weighted by Crippen LogP contribution is -2.68. The predicted octanol–water partition coefficient (Wildman–Crippen LogP) is 0.0125. The number of anilines is 1. The number of fused-ring (bicyclic) bond motifs is 1. The van der Waals surface area contributed by atoms with Crippen LogP contribution in [0.4, 0.5) is 5.13 Å². The van der Waals surface area contributed by atoms with Gasteiger partial charge in [-0.2, -0.15) is 4.57 Å². The molecule has 2 saturated heterocycles. The fourth-order valence-electron chi connectivity index (χ4n) is 4.47. The Balaban J connectivity index is 1.26. The number of carbonyl (C=O) groups is 4. The van der Waals surface area contributed by atoms with E-state index >= 15 is 0 Å². The van der Waals surface area contributed by atoms with Gasteiger partial charge in [-0.25, -0.2) is 4.79 Å². The van der Waals surface area contributed by atoms with Gasteiger partial charge in [0.05, 0.1) is 6.54 Å². The molecule has 0 aromatic carbocycles. The molecule has 2 aromatic heterocycles. The monoisotopic (exact) mass is 542 g/mol. The van der Waals surface area contributed by atoms with Crippen molar-refractivity contribution in [3.05, 3.63) is 58.0 Å². The topological polar surface area (TPSA) is 163 Å². The van der Waals surface area contributed by atoms with Crippen LogP contribution >= 0.6 is 23.1 Å².